The number of halogens is 1. The van der Waals surface area contributed by atoms with Gasteiger partial charge in [0.05, 0.1) is 39.6 Å². The molecule has 0 bridgehead atoms. The predicted molar refractivity (Wildman–Crippen MR) is 120 cm³/mol. The van der Waals surface area contributed by atoms with Crippen LogP contribution < -0.4 is 19.1 Å². The Morgan fingerprint density at radius 3 is 2.03 bits per heavy atom. The first kappa shape index (κ1) is 22.4. The first-order valence-corrected chi connectivity index (χ1v) is 10.1. The monoisotopic (exact) mass is 487 g/mol. The Morgan fingerprint density at radius 2 is 1.55 bits per heavy atom. The number of nitrogens with zero attached hydrogens (tertiary/aromatic N) is 1. The van der Waals surface area contributed by atoms with E-state index < -0.39 is 5.97 Å². The molecular weight excluding hydrogens is 466 g/mol. The second-order valence-electron chi connectivity index (χ2n) is 6.59. The Hall–Kier alpha value is -3.26. The van der Waals surface area contributed by atoms with Gasteiger partial charge in [0.1, 0.15) is 0 Å². The van der Waals surface area contributed by atoms with Gasteiger partial charge >= 0.3 is 5.97 Å². The van der Waals surface area contributed by atoms with Crippen LogP contribution in [0.1, 0.15) is 12.5 Å². The average molecular weight is 488 g/mol. The topological polar surface area (TPSA) is 74.3 Å². The lowest BCUT2D eigenvalue weighted by Crippen LogP contribution is -2.24. The number of anilines is 1. The van der Waals surface area contributed by atoms with Gasteiger partial charge in [-0.15, -0.1) is 0 Å². The lowest BCUT2D eigenvalue weighted by Gasteiger charge is -2.18. The number of amides is 1. The molecule has 0 atom stereocenters. The van der Waals surface area contributed by atoms with Gasteiger partial charge in [-0.3, -0.25) is 9.69 Å². The Morgan fingerprint density at radius 1 is 0.968 bits per heavy atom. The molecule has 2 aromatic rings. The molecule has 0 aliphatic carbocycles. The second-order valence-corrected chi connectivity index (χ2v) is 7.50. The van der Waals surface area contributed by atoms with Gasteiger partial charge in [0.2, 0.25) is 5.75 Å². The summed E-state index contributed by atoms with van der Waals surface area (Å²) in [7, 11) is 5.81. The largest absolute Gasteiger partial charge is 0.493 e. The molecule has 31 heavy (non-hydrogen) atoms. The average Bonchev–Trinajstić information content (AvgIpc) is 3.02. The van der Waals surface area contributed by atoms with Crippen LogP contribution in [-0.2, 0) is 14.3 Å². The highest BCUT2D eigenvalue weighted by Gasteiger charge is 2.38. The van der Waals surface area contributed by atoms with E-state index in [9.17, 15) is 9.59 Å². The Bertz CT molecular complexity index is 1060. The van der Waals surface area contributed by atoms with Crippen molar-refractivity contribution in [1.82, 2.24) is 0 Å². The van der Waals surface area contributed by atoms with Crippen LogP contribution in [0.15, 0.2) is 57.7 Å². The van der Waals surface area contributed by atoms with E-state index in [0.717, 1.165) is 4.47 Å². The molecule has 1 amide bonds. The van der Waals surface area contributed by atoms with Crippen LogP contribution in [0.5, 0.6) is 17.2 Å². The molecule has 0 saturated carbocycles. The van der Waals surface area contributed by atoms with E-state index in [0.29, 0.717) is 34.2 Å². The van der Waals surface area contributed by atoms with Gasteiger partial charge in [-0.05, 0) is 55.0 Å². The van der Waals surface area contributed by atoms with Crippen molar-refractivity contribution < 1.29 is 28.5 Å². The number of methoxy groups -OCH3 is 4. The number of hydrogen-bond donors (Lipinski definition) is 0. The molecular formula is C23H22BrNO6. The molecule has 0 unspecified atom stereocenters. The molecule has 0 radical (unpaired) electrons. The molecule has 0 saturated heterocycles. The number of benzene rings is 2. The van der Waals surface area contributed by atoms with Gasteiger partial charge in [0.15, 0.2) is 11.5 Å². The third kappa shape index (κ3) is 4.16. The maximum absolute atomic E-state index is 13.4. The van der Waals surface area contributed by atoms with Crippen LogP contribution in [-0.4, -0.2) is 40.3 Å². The van der Waals surface area contributed by atoms with Gasteiger partial charge in [-0.2, -0.15) is 0 Å². The van der Waals surface area contributed by atoms with Gasteiger partial charge in [0.25, 0.3) is 5.91 Å². The molecule has 3 rings (SSSR count). The van der Waals surface area contributed by atoms with Gasteiger partial charge in [-0.25, -0.2) is 4.79 Å². The minimum Gasteiger partial charge on any atom is -0.493 e. The molecule has 1 heterocycles. The van der Waals surface area contributed by atoms with Crippen LogP contribution in [0.25, 0.3) is 6.08 Å². The van der Waals surface area contributed by atoms with Crippen LogP contribution in [0.4, 0.5) is 5.69 Å². The summed E-state index contributed by atoms with van der Waals surface area (Å²) in [6.45, 7) is 1.71. The lowest BCUT2D eigenvalue weighted by atomic mass is 10.0. The third-order valence-electron chi connectivity index (χ3n) is 4.87. The summed E-state index contributed by atoms with van der Waals surface area (Å²) in [6.07, 6.45) is 1.61. The van der Waals surface area contributed by atoms with Gasteiger partial charge in [-0.1, -0.05) is 15.9 Å². The van der Waals surface area contributed by atoms with Crippen molar-refractivity contribution >= 4 is 39.6 Å². The fourth-order valence-corrected chi connectivity index (χ4v) is 3.70. The maximum atomic E-state index is 13.4. The fourth-order valence-electron chi connectivity index (χ4n) is 3.43. The van der Waals surface area contributed by atoms with Crippen LogP contribution in [0, 0.1) is 0 Å². The molecule has 7 nitrogen and oxygen atoms in total. The van der Waals surface area contributed by atoms with E-state index in [4.69, 9.17) is 18.9 Å². The van der Waals surface area contributed by atoms with Crippen molar-refractivity contribution in [3.05, 3.63) is 63.3 Å². The zero-order valence-corrected chi connectivity index (χ0v) is 19.4. The van der Waals surface area contributed by atoms with Crippen molar-refractivity contribution in [2.75, 3.05) is 33.3 Å². The summed E-state index contributed by atoms with van der Waals surface area (Å²) >= 11 is 3.39. The zero-order chi connectivity index (χ0) is 22.7. The highest BCUT2D eigenvalue weighted by Crippen LogP contribution is 2.40. The van der Waals surface area contributed by atoms with Crippen molar-refractivity contribution in [1.29, 1.82) is 0 Å². The van der Waals surface area contributed by atoms with Crippen molar-refractivity contribution in [2.24, 2.45) is 0 Å². The Kier molecular flexibility index (Phi) is 6.70. The van der Waals surface area contributed by atoms with Crippen molar-refractivity contribution in [2.45, 2.75) is 6.92 Å². The molecule has 8 heteroatoms. The number of carbonyl (C=O) groups excluding carboxylic acids is 2. The second kappa shape index (κ2) is 9.26. The number of ether oxygens (including phenoxy) is 4. The first-order chi connectivity index (χ1) is 14.9. The van der Waals surface area contributed by atoms with E-state index >= 15 is 0 Å². The number of hydrogen-bond acceptors (Lipinski definition) is 6. The number of esters is 1. The van der Waals surface area contributed by atoms with E-state index in [1.807, 2.05) is 12.1 Å². The Labute approximate surface area is 189 Å². The van der Waals surface area contributed by atoms with Crippen LogP contribution >= 0.6 is 15.9 Å². The summed E-state index contributed by atoms with van der Waals surface area (Å²) in [5.74, 6) is 0.368. The van der Waals surface area contributed by atoms with E-state index in [-0.39, 0.29) is 17.1 Å². The quantitative estimate of drug-likeness (QED) is 0.445. The molecule has 1 aliphatic heterocycles. The Balaban J connectivity index is 2.17. The standard InChI is InChI=1S/C23H22BrNO6/c1-13-20(23(27)31-5)17(22(26)25(13)16-8-6-15(24)7-9-16)10-14-11-18(28-2)21(30-4)19(12-14)29-3/h6-12H,1-5H3/b17-10-. The molecule has 1 aliphatic rings. The highest BCUT2D eigenvalue weighted by molar-refractivity contribution is 9.10. The number of carbonyl (C=O) groups is 2. The normalized spacial score (nSPS) is 14.8. The summed E-state index contributed by atoms with van der Waals surface area (Å²) in [5.41, 5.74) is 2.13. The first-order valence-electron chi connectivity index (χ1n) is 9.27. The fraction of sp³-hybridized carbons (Fsp3) is 0.217. The van der Waals surface area contributed by atoms with E-state index in [1.165, 1.54) is 33.3 Å². The molecule has 0 aromatic heterocycles. The predicted octanol–water partition coefficient (Wildman–Crippen LogP) is 4.35. The summed E-state index contributed by atoms with van der Waals surface area (Å²) in [6, 6.07) is 10.6. The SMILES string of the molecule is COC(=O)C1=C(C)N(c2ccc(Br)cc2)C(=O)/C1=C\c1cc(OC)c(OC)c(OC)c1. The minimum absolute atomic E-state index is 0.198. The van der Waals surface area contributed by atoms with Crippen LogP contribution in [0.2, 0.25) is 0 Å². The molecule has 0 fully saturated rings. The van der Waals surface area contributed by atoms with E-state index in [2.05, 4.69) is 15.9 Å². The van der Waals surface area contributed by atoms with Crippen LogP contribution in [0.3, 0.4) is 0 Å². The van der Waals surface area contributed by atoms with Crippen molar-refractivity contribution in [3.63, 3.8) is 0 Å². The number of rotatable bonds is 6. The van der Waals surface area contributed by atoms with Gasteiger partial charge in [0, 0.05) is 15.9 Å². The molecule has 0 spiro atoms. The number of allylic oxidation sites excluding steroid dienone is 1. The zero-order valence-electron chi connectivity index (χ0n) is 17.8. The van der Waals surface area contributed by atoms with E-state index in [1.54, 1.807) is 37.3 Å². The molecule has 162 valence electrons. The third-order valence-corrected chi connectivity index (χ3v) is 5.40. The van der Waals surface area contributed by atoms with Gasteiger partial charge < -0.3 is 18.9 Å². The summed E-state index contributed by atoms with van der Waals surface area (Å²) in [4.78, 5) is 27.4. The maximum Gasteiger partial charge on any atom is 0.340 e. The summed E-state index contributed by atoms with van der Waals surface area (Å²) < 4.78 is 22.0. The van der Waals surface area contributed by atoms with Crippen molar-refractivity contribution in [3.8, 4) is 17.2 Å². The minimum atomic E-state index is -0.593. The molecule has 2 aromatic carbocycles. The highest BCUT2D eigenvalue weighted by atomic mass is 79.9. The lowest BCUT2D eigenvalue weighted by molar-refractivity contribution is -0.136. The molecule has 0 N–H and O–H groups in total. The smallest absolute Gasteiger partial charge is 0.340 e. The summed E-state index contributed by atoms with van der Waals surface area (Å²) in [5, 5.41) is 0.